The molecular formula is C24H30ClN3O. The van der Waals surface area contributed by atoms with Crippen LogP contribution in [0.15, 0.2) is 54.6 Å². The normalized spacial score (nSPS) is 12.6. The summed E-state index contributed by atoms with van der Waals surface area (Å²) in [6, 6.07) is 18.0. The Morgan fingerprint density at radius 3 is 2.14 bits per heavy atom. The molecule has 4 rings (SSSR count). The number of aryl methyl sites for hydroxylation is 1. The second-order valence-corrected chi connectivity index (χ2v) is 7.18. The van der Waals surface area contributed by atoms with Crippen molar-refractivity contribution in [2.24, 2.45) is 5.92 Å². The van der Waals surface area contributed by atoms with E-state index in [1.165, 1.54) is 12.0 Å². The molecule has 1 saturated carbocycles. The first-order chi connectivity index (χ1) is 14.1. The van der Waals surface area contributed by atoms with Gasteiger partial charge in [-0.25, -0.2) is 4.68 Å². The molecule has 1 fully saturated rings. The van der Waals surface area contributed by atoms with Crippen molar-refractivity contribution in [3.63, 3.8) is 0 Å². The molecule has 0 unspecified atom stereocenters. The van der Waals surface area contributed by atoms with Gasteiger partial charge >= 0.3 is 0 Å². The predicted octanol–water partition coefficient (Wildman–Crippen LogP) is 6.55. The minimum Gasteiger partial charge on any atom is -0.373 e. The van der Waals surface area contributed by atoms with Crippen molar-refractivity contribution >= 4 is 23.7 Å². The molecule has 0 radical (unpaired) electrons. The molecule has 0 bridgehead atoms. The quantitative estimate of drug-likeness (QED) is 0.495. The highest BCUT2D eigenvalue weighted by Gasteiger charge is 2.14. The number of benzene rings is 2. The molecule has 0 aliphatic heterocycles. The molecule has 1 aliphatic carbocycles. The number of nitrogens with one attached hydrogen (secondary N) is 1. The summed E-state index contributed by atoms with van der Waals surface area (Å²) < 4.78 is 1.91. The summed E-state index contributed by atoms with van der Waals surface area (Å²) >= 11 is 5.94. The van der Waals surface area contributed by atoms with Crippen LogP contribution in [0.25, 0.3) is 16.9 Å². The Kier molecular flexibility index (Phi) is 8.94. The van der Waals surface area contributed by atoms with Crippen molar-refractivity contribution < 1.29 is 4.79 Å². The smallest absolute Gasteiger partial charge is 0.130 e. The van der Waals surface area contributed by atoms with Crippen molar-refractivity contribution in [3.05, 3.63) is 65.2 Å². The van der Waals surface area contributed by atoms with E-state index in [2.05, 4.69) is 36.5 Å². The fraction of sp³-hybridized carbons (Fsp3) is 0.333. The Balaban J connectivity index is 0.000000317. The average molecular weight is 412 g/mol. The third kappa shape index (κ3) is 6.20. The van der Waals surface area contributed by atoms with Crippen LogP contribution in [-0.4, -0.2) is 23.1 Å². The van der Waals surface area contributed by atoms with Crippen LogP contribution < -0.4 is 5.32 Å². The molecule has 0 spiro atoms. The Hall–Kier alpha value is -2.59. The van der Waals surface area contributed by atoms with Crippen LogP contribution in [0.1, 0.15) is 38.7 Å². The number of nitrogens with zero attached hydrogens (tertiary/aromatic N) is 2. The van der Waals surface area contributed by atoms with Crippen LogP contribution in [0, 0.1) is 12.8 Å². The van der Waals surface area contributed by atoms with Gasteiger partial charge in [-0.15, -0.1) is 0 Å². The fourth-order valence-corrected chi connectivity index (χ4v) is 2.91. The van der Waals surface area contributed by atoms with Gasteiger partial charge < -0.3 is 10.1 Å². The van der Waals surface area contributed by atoms with Gasteiger partial charge in [-0.2, -0.15) is 5.10 Å². The molecular weight excluding hydrogens is 382 g/mol. The lowest BCUT2D eigenvalue weighted by molar-refractivity contribution is -0.113. The number of carbonyl (C=O) groups is 1. The van der Waals surface area contributed by atoms with Gasteiger partial charge in [-0.1, -0.05) is 61.7 Å². The summed E-state index contributed by atoms with van der Waals surface area (Å²) in [6.07, 6.45) is 4.61. The largest absolute Gasteiger partial charge is 0.373 e. The first-order valence-corrected chi connectivity index (χ1v) is 10.5. The van der Waals surface area contributed by atoms with E-state index in [0.29, 0.717) is 5.92 Å². The number of rotatable bonds is 4. The first-order valence-electron chi connectivity index (χ1n) is 10.2. The van der Waals surface area contributed by atoms with Crippen LogP contribution in [0.4, 0.5) is 5.82 Å². The number of anilines is 1. The number of aromatic nitrogens is 2. The third-order valence-corrected chi connectivity index (χ3v) is 4.98. The van der Waals surface area contributed by atoms with E-state index in [9.17, 15) is 4.79 Å². The lowest BCUT2D eigenvalue weighted by Gasteiger charge is -2.17. The zero-order chi connectivity index (χ0) is 21.2. The number of halogens is 1. The molecule has 1 aromatic heterocycles. The van der Waals surface area contributed by atoms with Crippen molar-refractivity contribution in [2.45, 2.75) is 40.0 Å². The summed E-state index contributed by atoms with van der Waals surface area (Å²) in [5.74, 6) is 1.38. The summed E-state index contributed by atoms with van der Waals surface area (Å²) in [6.45, 7) is 6.07. The molecule has 0 saturated heterocycles. The van der Waals surface area contributed by atoms with Crippen molar-refractivity contribution in [2.75, 3.05) is 12.4 Å². The molecule has 29 heavy (non-hydrogen) atoms. The third-order valence-electron chi connectivity index (χ3n) is 4.73. The molecule has 2 aromatic carbocycles. The van der Waals surface area contributed by atoms with Gasteiger partial charge in [0.05, 0.1) is 11.4 Å². The maximum absolute atomic E-state index is 9.79. The van der Waals surface area contributed by atoms with E-state index >= 15 is 0 Å². The summed E-state index contributed by atoms with van der Waals surface area (Å²) in [4.78, 5) is 9.79. The highest BCUT2D eigenvalue weighted by atomic mass is 35.5. The van der Waals surface area contributed by atoms with Gasteiger partial charge in [0.1, 0.15) is 12.1 Å². The predicted molar refractivity (Wildman–Crippen MR) is 123 cm³/mol. The number of hydrogen-bond donors (Lipinski definition) is 1. The minimum absolute atomic E-state index is 0.435. The molecule has 0 atom stereocenters. The maximum Gasteiger partial charge on any atom is 0.130 e. The first kappa shape index (κ1) is 22.7. The zero-order valence-electron chi connectivity index (χ0n) is 17.7. The number of hydrogen-bond acceptors (Lipinski definition) is 3. The van der Waals surface area contributed by atoms with Crippen LogP contribution in [0.2, 0.25) is 5.02 Å². The van der Waals surface area contributed by atoms with Crippen molar-refractivity contribution in [1.82, 2.24) is 9.78 Å². The Bertz CT molecular complexity index is 881. The molecule has 0 amide bonds. The Labute approximate surface area is 178 Å². The van der Waals surface area contributed by atoms with E-state index in [1.807, 2.05) is 55.9 Å². The summed E-state index contributed by atoms with van der Waals surface area (Å²) in [5.41, 5.74) is 4.22. The van der Waals surface area contributed by atoms with Gasteiger partial charge in [0, 0.05) is 29.6 Å². The molecule has 4 nitrogen and oxygen atoms in total. The van der Waals surface area contributed by atoms with Gasteiger partial charge in [0.2, 0.25) is 0 Å². The highest BCUT2D eigenvalue weighted by molar-refractivity contribution is 6.30. The summed E-state index contributed by atoms with van der Waals surface area (Å²) in [5, 5.41) is 8.60. The van der Waals surface area contributed by atoms with E-state index in [4.69, 9.17) is 16.7 Å². The SMILES string of the molecule is CC.CNc1cc(-c2ccc(Cl)cc2)nn1-c1ccc(C)cc1.O=CC1CCC1. The van der Waals surface area contributed by atoms with E-state index in [0.717, 1.165) is 46.9 Å². The fourth-order valence-electron chi connectivity index (χ4n) is 2.78. The molecule has 1 aliphatic rings. The topological polar surface area (TPSA) is 46.9 Å². The van der Waals surface area contributed by atoms with Crippen LogP contribution in [0.3, 0.4) is 0 Å². The van der Waals surface area contributed by atoms with Gasteiger partial charge in [-0.3, -0.25) is 0 Å². The van der Waals surface area contributed by atoms with Gasteiger partial charge in [0.25, 0.3) is 0 Å². The zero-order valence-corrected chi connectivity index (χ0v) is 18.4. The molecule has 3 aromatic rings. The Morgan fingerprint density at radius 2 is 1.69 bits per heavy atom. The maximum atomic E-state index is 9.79. The Morgan fingerprint density at radius 1 is 1.07 bits per heavy atom. The highest BCUT2D eigenvalue weighted by Crippen LogP contribution is 2.26. The standard InChI is InChI=1S/C17H16ClN3.C5H8O.C2H6/c1-12-3-9-15(10-4-12)21-17(19-2)11-16(20-21)13-5-7-14(18)8-6-13;6-4-5-2-1-3-5;1-2/h3-11,19H,1-2H3;4-5H,1-3H2;1-2H3. The molecule has 5 heteroatoms. The van der Waals surface area contributed by atoms with Crippen LogP contribution in [-0.2, 0) is 4.79 Å². The van der Waals surface area contributed by atoms with Gasteiger partial charge in [-0.05, 0) is 44.0 Å². The second kappa shape index (κ2) is 11.4. The average Bonchev–Trinajstić information content (AvgIpc) is 3.15. The second-order valence-electron chi connectivity index (χ2n) is 6.75. The molecule has 154 valence electrons. The van der Waals surface area contributed by atoms with E-state index in [1.54, 1.807) is 0 Å². The lowest BCUT2D eigenvalue weighted by atomic mass is 9.87. The van der Waals surface area contributed by atoms with Crippen LogP contribution >= 0.6 is 11.6 Å². The van der Waals surface area contributed by atoms with Crippen molar-refractivity contribution in [1.29, 1.82) is 0 Å². The lowest BCUT2D eigenvalue weighted by Crippen LogP contribution is -2.10. The minimum atomic E-state index is 0.435. The van der Waals surface area contributed by atoms with Crippen molar-refractivity contribution in [3.8, 4) is 16.9 Å². The van der Waals surface area contributed by atoms with Crippen LogP contribution in [0.5, 0.6) is 0 Å². The molecule has 1 heterocycles. The van der Waals surface area contributed by atoms with Gasteiger partial charge in [0.15, 0.2) is 0 Å². The number of carbonyl (C=O) groups excluding carboxylic acids is 1. The molecule has 1 N–H and O–H groups in total. The summed E-state index contributed by atoms with van der Waals surface area (Å²) in [7, 11) is 1.90. The van der Waals surface area contributed by atoms with E-state index < -0.39 is 0 Å². The van der Waals surface area contributed by atoms with E-state index in [-0.39, 0.29) is 0 Å². The number of aldehydes is 1. The monoisotopic (exact) mass is 411 g/mol.